The SMILES string of the molecule is O=C(O)Cc1ccc(Oc2nc(-c3ccc(F)s3)nc3c2CS(=O)(=O)C3)cc1. The molecule has 0 bridgehead atoms. The van der Waals surface area contributed by atoms with E-state index >= 15 is 0 Å². The molecule has 144 valence electrons. The highest BCUT2D eigenvalue weighted by Crippen LogP contribution is 2.36. The molecule has 0 fully saturated rings. The molecule has 0 spiro atoms. The zero-order valence-electron chi connectivity index (χ0n) is 14.3. The molecule has 2 aromatic heterocycles. The summed E-state index contributed by atoms with van der Waals surface area (Å²) >= 11 is 0.857. The van der Waals surface area contributed by atoms with Crippen LogP contribution in [0.15, 0.2) is 36.4 Å². The Morgan fingerprint density at radius 3 is 2.54 bits per heavy atom. The lowest BCUT2D eigenvalue weighted by Crippen LogP contribution is -2.01. The third kappa shape index (κ3) is 3.87. The molecule has 0 aliphatic carbocycles. The van der Waals surface area contributed by atoms with Gasteiger partial charge in [-0.2, -0.15) is 9.37 Å². The van der Waals surface area contributed by atoms with Gasteiger partial charge in [-0.1, -0.05) is 12.1 Å². The number of sulfone groups is 1. The number of aromatic nitrogens is 2. The number of benzene rings is 1. The molecule has 1 N–H and O–H groups in total. The van der Waals surface area contributed by atoms with E-state index in [4.69, 9.17) is 9.84 Å². The molecule has 10 heteroatoms. The molecule has 0 saturated heterocycles. The van der Waals surface area contributed by atoms with Crippen molar-refractivity contribution in [1.82, 2.24) is 9.97 Å². The van der Waals surface area contributed by atoms with E-state index in [1.807, 2.05) is 0 Å². The smallest absolute Gasteiger partial charge is 0.307 e. The minimum Gasteiger partial charge on any atom is -0.481 e. The zero-order valence-corrected chi connectivity index (χ0v) is 15.9. The standard InChI is InChI=1S/C18H13FN2O5S2/c19-15-6-5-14(27-15)17-20-13-9-28(24,25)8-12(13)18(21-17)26-11-3-1-10(2-4-11)7-16(22)23/h1-6H,7-9H2,(H,22,23). The molecule has 3 aromatic rings. The second-order valence-corrected chi connectivity index (χ2v) is 9.33. The number of carboxylic acid groups (broad SMARTS) is 1. The highest BCUT2D eigenvalue weighted by atomic mass is 32.2. The average molecular weight is 420 g/mol. The normalized spacial score (nSPS) is 14.6. The van der Waals surface area contributed by atoms with Gasteiger partial charge in [0.2, 0.25) is 5.88 Å². The van der Waals surface area contributed by atoms with E-state index in [-0.39, 0.29) is 29.6 Å². The van der Waals surface area contributed by atoms with Crippen LogP contribution in [0.3, 0.4) is 0 Å². The van der Waals surface area contributed by atoms with E-state index < -0.39 is 20.9 Å². The van der Waals surface area contributed by atoms with Crippen LogP contribution in [-0.2, 0) is 32.6 Å². The van der Waals surface area contributed by atoms with Gasteiger partial charge in [0.15, 0.2) is 20.8 Å². The third-order valence-electron chi connectivity index (χ3n) is 4.06. The lowest BCUT2D eigenvalue weighted by Gasteiger charge is -2.10. The largest absolute Gasteiger partial charge is 0.481 e. The Labute approximate surface area is 163 Å². The Morgan fingerprint density at radius 1 is 1.14 bits per heavy atom. The molecule has 0 radical (unpaired) electrons. The van der Waals surface area contributed by atoms with Crippen molar-refractivity contribution in [3.63, 3.8) is 0 Å². The number of hydrogen-bond acceptors (Lipinski definition) is 7. The van der Waals surface area contributed by atoms with Crippen molar-refractivity contribution < 1.29 is 27.4 Å². The lowest BCUT2D eigenvalue weighted by molar-refractivity contribution is -0.136. The molecule has 1 aliphatic heterocycles. The molecule has 0 saturated carbocycles. The summed E-state index contributed by atoms with van der Waals surface area (Å²) in [6.45, 7) is 0. The summed E-state index contributed by atoms with van der Waals surface area (Å²) in [5, 5.41) is 8.44. The first-order chi connectivity index (χ1) is 13.3. The second-order valence-electron chi connectivity index (χ2n) is 6.23. The minimum absolute atomic E-state index is 0.0980. The second kappa shape index (κ2) is 6.95. The van der Waals surface area contributed by atoms with E-state index in [9.17, 15) is 17.6 Å². The molecule has 7 nitrogen and oxygen atoms in total. The molecule has 1 aromatic carbocycles. The topological polar surface area (TPSA) is 106 Å². The van der Waals surface area contributed by atoms with Crippen molar-refractivity contribution >= 4 is 27.1 Å². The fraction of sp³-hybridized carbons (Fsp3) is 0.167. The fourth-order valence-electron chi connectivity index (χ4n) is 2.84. The maximum absolute atomic E-state index is 13.4. The van der Waals surface area contributed by atoms with Crippen molar-refractivity contribution in [2.75, 3.05) is 0 Å². The van der Waals surface area contributed by atoms with Crippen LogP contribution in [0.2, 0.25) is 0 Å². The van der Waals surface area contributed by atoms with Crippen molar-refractivity contribution in [2.45, 2.75) is 17.9 Å². The van der Waals surface area contributed by atoms with E-state index in [2.05, 4.69) is 9.97 Å². The van der Waals surface area contributed by atoms with Crippen molar-refractivity contribution in [3.05, 3.63) is 58.3 Å². The molecule has 28 heavy (non-hydrogen) atoms. The van der Waals surface area contributed by atoms with Crippen LogP contribution in [0.4, 0.5) is 4.39 Å². The molecular formula is C18H13FN2O5S2. The first kappa shape index (κ1) is 18.5. The van der Waals surface area contributed by atoms with Gasteiger partial charge in [-0.25, -0.2) is 13.4 Å². The molecule has 0 unspecified atom stereocenters. The number of rotatable bonds is 5. The first-order valence-corrected chi connectivity index (χ1v) is 10.8. The fourth-order valence-corrected chi connectivity index (χ4v) is 4.99. The van der Waals surface area contributed by atoms with Gasteiger partial charge in [0.1, 0.15) is 5.75 Å². The zero-order chi connectivity index (χ0) is 19.9. The third-order valence-corrected chi connectivity index (χ3v) is 6.37. The van der Waals surface area contributed by atoms with Crippen LogP contribution < -0.4 is 4.74 Å². The maximum atomic E-state index is 13.4. The summed E-state index contributed by atoms with van der Waals surface area (Å²) in [6.07, 6.45) is -0.116. The quantitative estimate of drug-likeness (QED) is 0.675. The van der Waals surface area contributed by atoms with Crippen LogP contribution in [0, 0.1) is 5.13 Å². The van der Waals surface area contributed by atoms with Gasteiger partial charge >= 0.3 is 5.97 Å². The Bertz CT molecular complexity index is 1170. The Hall–Kier alpha value is -2.85. The summed E-state index contributed by atoms with van der Waals surface area (Å²) in [4.78, 5) is 19.8. The molecule has 3 heterocycles. The van der Waals surface area contributed by atoms with Crippen LogP contribution >= 0.6 is 11.3 Å². The number of nitrogens with zero attached hydrogens (tertiary/aromatic N) is 2. The van der Waals surface area contributed by atoms with E-state index in [0.29, 0.717) is 27.4 Å². The van der Waals surface area contributed by atoms with Crippen molar-refractivity contribution in [1.29, 1.82) is 0 Å². The van der Waals surface area contributed by atoms with Gasteiger partial charge in [-0.3, -0.25) is 4.79 Å². The lowest BCUT2D eigenvalue weighted by atomic mass is 10.1. The number of aliphatic carboxylic acids is 1. The average Bonchev–Trinajstić information content (AvgIpc) is 3.18. The number of carboxylic acids is 1. The number of ether oxygens (including phenoxy) is 1. The summed E-state index contributed by atoms with van der Waals surface area (Å²) in [6, 6.07) is 9.19. The van der Waals surface area contributed by atoms with Crippen molar-refractivity contribution in [3.8, 4) is 22.3 Å². The van der Waals surface area contributed by atoms with Crippen molar-refractivity contribution in [2.24, 2.45) is 0 Å². The number of hydrogen-bond donors (Lipinski definition) is 1. The van der Waals surface area contributed by atoms with Crippen LogP contribution in [-0.4, -0.2) is 29.5 Å². The number of thiophene rings is 1. The summed E-state index contributed by atoms with van der Waals surface area (Å²) < 4.78 is 43.3. The Morgan fingerprint density at radius 2 is 1.89 bits per heavy atom. The Kier molecular flexibility index (Phi) is 4.60. The number of halogens is 1. The number of fused-ring (bicyclic) bond motifs is 1. The summed E-state index contributed by atoms with van der Waals surface area (Å²) in [5.41, 5.74) is 1.33. The van der Waals surface area contributed by atoms with Gasteiger partial charge in [0, 0.05) is 0 Å². The van der Waals surface area contributed by atoms with Gasteiger partial charge in [0.05, 0.1) is 34.1 Å². The maximum Gasteiger partial charge on any atom is 0.307 e. The summed E-state index contributed by atoms with van der Waals surface area (Å²) in [7, 11) is -3.35. The van der Waals surface area contributed by atoms with E-state index in [1.165, 1.54) is 12.1 Å². The first-order valence-electron chi connectivity index (χ1n) is 8.13. The van der Waals surface area contributed by atoms with Crippen LogP contribution in [0.25, 0.3) is 10.7 Å². The van der Waals surface area contributed by atoms with Gasteiger partial charge in [0.25, 0.3) is 0 Å². The molecule has 4 rings (SSSR count). The van der Waals surface area contributed by atoms with Crippen LogP contribution in [0.5, 0.6) is 11.6 Å². The monoisotopic (exact) mass is 420 g/mol. The number of carbonyl (C=O) groups is 1. The van der Waals surface area contributed by atoms with Gasteiger partial charge in [-0.05, 0) is 29.8 Å². The minimum atomic E-state index is -3.35. The molecular weight excluding hydrogens is 407 g/mol. The summed E-state index contributed by atoms with van der Waals surface area (Å²) in [5.74, 6) is -0.723. The van der Waals surface area contributed by atoms with Crippen LogP contribution in [0.1, 0.15) is 16.8 Å². The van der Waals surface area contributed by atoms with Gasteiger partial charge < -0.3 is 9.84 Å². The Balaban J connectivity index is 1.71. The van der Waals surface area contributed by atoms with E-state index in [1.54, 1.807) is 24.3 Å². The van der Waals surface area contributed by atoms with Gasteiger partial charge in [-0.15, -0.1) is 11.3 Å². The predicted molar refractivity (Wildman–Crippen MR) is 99.5 cm³/mol. The van der Waals surface area contributed by atoms with E-state index in [0.717, 1.165) is 11.3 Å². The highest BCUT2D eigenvalue weighted by Gasteiger charge is 2.31. The molecule has 0 amide bonds. The molecule has 0 atom stereocenters. The molecule has 1 aliphatic rings. The predicted octanol–water partition coefficient (Wildman–Crippen LogP) is 3.19. The highest BCUT2D eigenvalue weighted by molar-refractivity contribution is 7.90.